The third-order valence-electron chi connectivity index (χ3n) is 4.17. The molecule has 8 heteroatoms. The summed E-state index contributed by atoms with van der Waals surface area (Å²) in [5.74, 6) is 1.60. The van der Waals surface area contributed by atoms with Gasteiger partial charge >= 0.3 is 0 Å². The molecule has 1 atom stereocenters. The van der Waals surface area contributed by atoms with E-state index in [-0.39, 0.29) is 6.10 Å². The van der Waals surface area contributed by atoms with E-state index in [1.807, 2.05) is 24.4 Å². The van der Waals surface area contributed by atoms with E-state index in [1.54, 1.807) is 17.1 Å². The Morgan fingerprint density at radius 1 is 1.41 bits per heavy atom. The van der Waals surface area contributed by atoms with Crippen LogP contribution in [0.2, 0.25) is 0 Å². The summed E-state index contributed by atoms with van der Waals surface area (Å²) in [7, 11) is 0. The molecular formula is C19H28N6O2. The van der Waals surface area contributed by atoms with Crippen LogP contribution in [0.1, 0.15) is 25.3 Å². The average Bonchev–Trinajstić information content (AvgIpc) is 3.40. The predicted molar refractivity (Wildman–Crippen MR) is 104 cm³/mol. The molecule has 2 N–H and O–H groups in total. The smallest absolute Gasteiger partial charge is 0.191 e. The van der Waals surface area contributed by atoms with Crippen molar-refractivity contribution >= 4 is 5.96 Å². The lowest BCUT2D eigenvalue weighted by molar-refractivity contribution is 0.0420. The number of aromatic nitrogens is 3. The van der Waals surface area contributed by atoms with Gasteiger partial charge in [-0.15, -0.1) is 0 Å². The Bertz CT molecular complexity index is 698. The van der Waals surface area contributed by atoms with E-state index in [2.05, 4.69) is 32.6 Å². The van der Waals surface area contributed by atoms with Crippen LogP contribution < -0.4 is 10.6 Å². The maximum absolute atomic E-state index is 5.78. The summed E-state index contributed by atoms with van der Waals surface area (Å²) >= 11 is 0. The first-order chi connectivity index (χ1) is 13.3. The molecule has 0 spiro atoms. The van der Waals surface area contributed by atoms with Gasteiger partial charge in [0.15, 0.2) is 11.8 Å². The Hall–Kier alpha value is -2.45. The van der Waals surface area contributed by atoms with Crippen molar-refractivity contribution in [3.8, 4) is 5.82 Å². The zero-order valence-electron chi connectivity index (χ0n) is 15.8. The van der Waals surface area contributed by atoms with Crippen LogP contribution in [0, 0.1) is 0 Å². The highest BCUT2D eigenvalue weighted by atomic mass is 16.5. The Balaban J connectivity index is 1.46. The molecule has 0 aliphatic carbocycles. The normalized spacial score (nSPS) is 17.2. The van der Waals surface area contributed by atoms with Crippen LogP contribution in [0.25, 0.3) is 5.82 Å². The lowest BCUT2D eigenvalue weighted by Crippen LogP contribution is -2.38. The van der Waals surface area contributed by atoms with E-state index in [0.717, 1.165) is 63.1 Å². The van der Waals surface area contributed by atoms with E-state index in [0.29, 0.717) is 6.54 Å². The fraction of sp³-hybridized carbons (Fsp3) is 0.526. The molecule has 8 nitrogen and oxygen atoms in total. The molecule has 0 aromatic carbocycles. The van der Waals surface area contributed by atoms with Crippen molar-refractivity contribution in [2.75, 3.05) is 32.9 Å². The van der Waals surface area contributed by atoms with E-state index >= 15 is 0 Å². The fourth-order valence-electron chi connectivity index (χ4n) is 2.77. The highest BCUT2D eigenvalue weighted by Gasteiger charge is 2.15. The number of nitrogens with zero attached hydrogens (tertiary/aromatic N) is 4. The number of aliphatic imine (C=N–C) groups is 1. The number of hydrogen-bond donors (Lipinski definition) is 2. The summed E-state index contributed by atoms with van der Waals surface area (Å²) in [6, 6.07) is 5.85. The number of hydrogen-bond acceptors (Lipinski definition) is 5. The maximum Gasteiger partial charge on any atom is 0.191 e. The minimum Gasteiger partial charge on any atom is -0.379 e. The third kappa shape index (κ3) is 6.33. The van der Waals surface area contributed by atoms with Crippen molar-refractivity contribution in [3.05, 3.63) is 42.4 Å². The highest BCUT2D eigenvalue weighted by molar-refractivity contribution is 5.79. The van der Waals surface area contributed by atoms with Crippen LogP contribution in [0.15, 0.2) is 41.8 Å². The molecule has 3 heterocycles. The van der Waals surface area contributed by atoms with Crippen LogP contribution in [-0.2, 0) is 16.0 Å². The Labute approximate surface area is 160 Å². The summed E-state index contributed by atoms with van der Waals surface area (Å²) in [5.41, 5.74) is 1.08. The second-order valence-corrected chi connectivity index (χ2v) is 6.30. The van der Waals surface area contributed by atoms with Gasteiger partial charge in [-0.2, -0.15) is 5.10 Å². The van der Waals surface area contributed by atoms with Crippen LogP contribution >= 0.6 is 0 Å². The highest BCUT2D eigenvalue weighted by Crippen LogP contribution is 2.08. The molecule has 1 saturated heterocycles. The lowest BCUT2D eigenvalue weighted by atomic mass is 10.2. The minimum atomic E-state index is 0.266. The predicted octanol–water partition coefficient (Wildman–Crippen LogP) is 1.52. The van der Waals surface area contributed by atoms with Crippen LogP contribution in [0.4, 0.5) is 0 Å². The monoisotopic (exact) mass is 372 g/mol. The van der Waals surface area contributed by atoms with Gasteiger partial charge in [-0.1, -0.05) is 0 Å². The van der Waals surface area contributed by atoms with Crippen LogP contribution in [0.3, 0.4) is 0 Å². The SMILES string of the molecule is CCNC(=NCc1ccnc(-n2cccn2)c1)NCCCOC1CCOC1. The standard InChI is InChI=1S/C19H28N6O2/c1-2-20-19(22-7-4-11-27-17-6-12-26-15-17)23-14-16-5-9-21-18(13-16)25-10-3-8-24-25/h3,5,8-10,13,17H,2,4,6-7,11-12,14-15H2,1H3,(H2,20,22,23). The first-order valence-electron chi connectivity index (χ1n) is 9.51. The maximum atomic E-state index is 5.78. The largest absolute Gasteiger partial charge is 0.379 e. The zero-order valence-corrected chi connectivity index (χ0v) is 15.8. The van der Waals surface area contributed by atoms with Crippen molar-refractivity contribution < 1.29 is 9.47 Å². The molecule has 2 aromatic heterocycles. The molecule has 0 amide bonds. The van der Waals surface area contributed by atoms with E-state index in [9.17, 15) is 0 Å². The van der Waals surface area contributed by atoms with Crippen molar-refractivity contribution in [2.45, 2.75) is 32.4 Å². The van der Waals surface area contributed by atoms with Gasteiger partial charge in [0, 0.05) is 44.9 Å². The molecule has 2 aromatic rings. The van der Waals surface area contributed by atoms with E-state index in [1.165, 1.54) is 0 Å². The number of rotatable bonds is 9. The van der Waals surface area contributed by atoms with Gasteiger partial charge in [0.25, 0.3) is 0 Å². The summed E-state index contributed by atoms with van der Waals surface area (Å²) in [6.07, 6.45) is 7.60. The second-order valence-electron chi connectivity index (χ2n) is 6.30. The summed E-state index contributed by atoms with van der Waals surface area (Å²) < 4.78 is 12.8. The van der Waals surface area contributed by atoms with Gasteiger partial charge < -0.3 is 20.1 Å². The number of ether oxygens (including phenoxy) is 2. The van der Waals surface area contributed by atoms with Gasteiger partial charge in [0.1, 0.15) is 0 Å². The molecule has 1 unspecified atom stereocenters. The van der Waals surface area contributed by atoms with Crippen LogP contribution in [0.5, 0.6) is 0 Å². The molecule has 0 bridgehead atoms. The van der Waals surface area contributed by atoms with E-state index in [4.69, 9.17) is 9.47 Å². The lowest BCUT2D eigenvalue weighted by Gasteiger charge is -2.13. The Morgan fingerprint density at radius 3 is 3.15 bits per heavy atom. The Kier molecular flexibility index (Phi) is 7.61. The zero-order chi connectivity index (χ0) is 18.7. The molecule has 3 rings (SSSR count). The summed E-state index contributed by atoms with van der Waals surface area (Å²) in [4.78, 5) is 9.00. The average molecular weight is 372 g/mol. The summed E-state index contributed by atoms with van der Waals surface area (Å²) in [5, 5.41) is 10.8. The van der Waals surface area contributed by atoms with Gasteiger partial charge in [-0.3, -0.25) is 0 Å². The molecule has 0 saturated carbocycles. The number of pyridine rings is 1. The first-order valence-corrected chi connectivity index (χ1v) is 9.51. The van der Waals surface area contributed by atoms with Crippen molar-refractivity contribution in [1.82, 2.24) is 25.4 Å². The number of nitrogens with one attached hydrogen (secondary N) is 2. The molecule has 146 valence electrons. The molecule has 0 radical (unpaired) electrons. The molecular weight excluding hydrogens is 344 g/mol. The Morgan fingerprint density at radius 2 is 2.37 bits per heavy atom. The van der Waals surface area contributed by atoms with Crippen LogP contribution in [-0.4, -0.2) is 59.7 Å². The van der Waals surface area contributed by atoms with Gasteiger partial charge in [0.2, 0.25) is 0 Å². The molecule has 1 fully saturated rings. The minimum absolute atomic E-state index is 0.266. The molecule has 1 aliphatic rings. The van der Waals surface area contributed by atoms with Gasteiger partial charge in [0.05, 0.1) is 19.3 Å². The quantitative estimate of drug-likeness (QED) is 0.394. The molecule has 1 aliphatic heterocycles. The topological polar surface area (TPSA) is 85.6 Å². The summed E-state index contributed by atoms with van der Waals surface area (Å²) in [6.45, 7) is 6.54. The van der Waals surface area contributed by atoms with Crippen molar-refractivity contribution in [1.29, 1.82) is 0 Å². The van der Waals surface area contributed by atoms with Crippen molar-refractivity contribution in [2.24, 2.45) is 4.99 Å². The van der Waals surface area contributed by atoms with Crippen molar-refractivity contribution in [3.63, 3.8) is 0 Å². The third-order valence-corrected chi connectivity index (χ3v) is 4.17. The number of guanidine groups is 1. The van der Waals surface area contributed by atoms with E-state index < -0.39 is 0 Å². The van der Waals surface area contributed by atoms with Gasteiger partial charge in [-0.25, -0.2) is 14.7 Å². The first kappa shape index (κ1) is 19.3. The van der Waals surface area contributed by atoms with Gasteiger partial charge in [-0.05, 0) is 43.5 Å². The second kappa shape index (κ2) is 10.6. The molecule has 27 heavy (non-hydrogen) atoms. The fourth-order valence-corrected chi connectivity index (χ4v) is 2.77.